The quantitative estimate of drug-likeness (QED) is 0.471. The van der Waals surface area contributed by atoms with E-state index in [-0.39, 0.29) is 33.4 Å². The van der Waals surface area contributed by atoms with Crippen LogP contribution in [0.15, 0.2) is 46.9 Å². The van der Waals surface area contributed by atoms with Crippen LogP contribution in [-0.2, 0) is 20.4 Å². The molecular formula is C23H21BrClF3N4O4. The Kier molecular flexibility index (Phi) is 6.87. The number of fused-ring (bicyclic) bond motifs is 1. The zero-order valence-corrected chi connectivity index (χ0v) is 21.0. The number of aryl methyl sites for hydroxylation is 1. The molecule has 0 aliphatic carbocycles. The largest absolute Gasteiger partial charge is 0.419 e. The molecule has 0 saturated carbocycles. The lowest BCUT2D eigenvalue weighted by atomic mass is 9.92. The van der Waals surface area contributed by atoms with Gasteiger partial charge in [-0.05, 0) is 19.1 Å². The number of hydrogen-bond donors (Lipinski definition) is 2. The standard InChI is InChI=1S/C23H21BrClF3N4O4/c1-10-30-21(32(31-10)14-8-12(25)7-13(24)16(14)23(26,27)28)20-18(33)17(29)19-15(35-20)9-34-22(36-19)11-5-3-2-4-6-11/h2-8,15,17-20,22,33H,9,29H2,1H3/t15?,17?,18?,19-,20+,22?/m0/s1. The summed E-state index contributed by atoms with van der Waals surface area (Å²) in [4.78, 5) is 4.28. The molecule has 3 N–H and O–H groups in total. The van der Waals surface area contributed by atoms with E-state index < -0.39 is 48.5 Å². The van der Waals surface area contributed by atoms with E-state index in [2.05, 4.69) is 26.0 Å². The van der Waals surface area contributed by atoms with E-state index in [1.54, 1.807) is 0 Å². The van der Waals surface area contributed by atoms with Gasteiger partial charge >= 0.3 is 6.18 Å². The predicted molar refractivity (Wildman–Crippen MR) is 125 cm³/mol. The minimum absolute atomic E-state index is 0.0480. The Bertz CT molecular complexity index is 1260. The highest BCUT2D eigenvalue weighted by Crippen LogP contribution is 2.43. The van der Waals surface area contributed by atoms with Gasteiger partial charge in [0.25, 0.3) is 0 Å². The molecule has 6 atom stereocenters. The Labute approximate surface area is 217 Å². The van der Waals surface area contributed by atoms with Gasteiger partial charge in [-0.1, -0.05) is 57.9 Å². The number of rotatable bonds is 3. The number of aliphatic hydroxyl groups is 1. The fourth-order valence-electron chi connectivity index (χ4n) is 4.47. The average Bonchev–Trinajstić information content (AvgIpc) is 3.21. The van der Waals surface area contributed by atoms with Crippen LogP contribution in [0.3, 0.4) is 0 Å². The van der Waals surface area contributed by atoms with Gasteiger partial charge in [-0.2, -0.15) is 18.3 Å². The molecule has 36 heavy (non-hydrogen) atoms. The Morgan fingerprint density at radius 3 is 2.61 bits per heavy atom. The molecule has 5 rings (SSSR count). The van der Waals surface area contributed by atoms with E-state index >= 15 is 0 Å². The van der Waals surface area contributed by atoms with E-state index in [4.69, 9.17) is 31.5 Å². The second-order valence-electron chi connectivity index (χ2n) is 8.55. The fraction of sp³-hybridized carbons (Fsp3) is 0.391. The summed E-state index contributed by atoms with van der Waals surface area (Å²) in [6, 6.07) is 10.6. The van der Waals surface area contributed by atoms with Crippen LogP contribution in [0, 0.1) is 6.92 Å². The van der Waals surface area contributed by atoms with E-state index in [1.807, 2.05) is 30.3 Å². The molecule has 1 aromatic heterocycles. The van der Waals surface area contributed by atoms with Crippen LogP contribution in [0.4, 0.5) is 13.2 Å². The van der Waals surface area contributed by atoms with E-state index in [1.165, 1.54) is 6.92 Å². The van der Waals surface area contributed by atoms with Crippen LogP contribution < -0.4 is 5.73 Å². The van der Waals surface area contributed by atoms with Crippen LogP contribution in [0.2, 0.25) is 5.02 Å². The zero-order chi connectivity index (χ0) is 25.8. The maximum Gasteiger partial charge on any atom is 0.419 e. The summed E-state index contributed by atoms with van der Waals surface area (Å²) in [5, 5.41) is 15.3. The van der Waals surface area contributed by atoms with Crippen molar-refractivity contribution in [3.05, 3.63) is 74.7 Å². The first-order valence-electron chi connectivity index (χ1n) is 11.0. The van der Waals surface area contributed by atoms with Crippen molar-refractivity contribution in [2.24, 2.45) is 5.73 Å². The zero-order valence-electron chi connectivity index (χ0n) is 18.7. The maximum absolute atomic E-state index is 14.0. The summed E-state index contributed by atoms with van der Waals surface area (Å²) in [5.41, 5.74) is 5.78. The highest BCUT2D eigenvalue weighted by molar-refractivity contribution is 9.10. The summed E-state index contributed by atoms with van der Waals surface area (Å²) in [7, 11) is 0. The molecular weight excluding hydrogens is 569 g/mol. The van der Waals surface area contributed by atoms with Gasteiger partial charge in [0.2, 0.25) is 0 Å². The number of aliphatic hydroxyl groups excluding tert-OH is 1. The molecule has 0 radical (unpaired) electrons. The Morgan fingerprint density at radius 1 is 1.19 bits per heavy atom. The lowest BCUT2D eigenvalue weighted by Crippen LogP contribution is -2.62. The summed E-state index contributed by atoms with van der Waals surface area (Å²) in [6.07, 6.45) is -9.43. The molecule has 2 aromatic carbocycles. The lowest BCUT2D eigenvalue weighted by Gasteiger charge is -2.46. The summed E-state index contributed by atoms with van der Waals surface area (Å²) in [5.74, 6) is 0.111. The average molecular weight is 590 g/mol. The molecule has 13 heteroatoms. The second kappa shape index (κ2) is 9.67. The van der Waals surface area contributed by atoms with Gasteiger partial charge < -0.3 is 25.1 Å². The van der Waals surface area contributed by atoms with Gasteiger partial charge in [0.1, 0.15) is 30.2 Å². The Morgan fingerprint density at radius 2 is 1.92 bits per heavy atom. The third-order valence-corrected chi connectivity index (χ3v) is 6.92. The first-order chi connectivity index (χ1) is 17.0. The number of aromatic nitrogens is 3. The molecule has 2 aliphatic rings. The van der Waals surface area contributed by atoms with Crippen molar-refractivity contribution in [2.45, 2.75) is 49.8 Å². The number of hydrogen-bond acceptors (Lipinski definition) is 7. The third-order valence-electron chi connectivity index (χ3n) is 6.07. The van der Waals surface area contributed by atoms with Crippen molar-refractivity contribution >= 4 is 27.5 Å². The smallest absolute Gasteiger partial charge is 0.388 e. The number of ether oxygens (including phenoxy) is 3. The van der Waals surface area contributed by atoms with Crippen molar-refractivity contribution in [3.8, 4) is 5.69 Å². The Balaban J connectivity index is 1.50. The number of benzene rings is 2. The van der Waals surface area contributed by atoms with E-state index in [0.717, 1.165) is 22.4 Å². The predicted octanol–water partition coefficient (Wildman–Crippen LogP) is 4.25. The van der Waals surface area contributed by atoms with Gasteiger partial charge in [-0.15, -0.1) is 0 Å². The molecule has 8 nitrogen and oxygen atoms in total. The summed E-state index contributed by atoms with van der Waals surface area (Å²) < 4.78 is 60.5. The van der Waals surface area contributed by atoms with Gasteiger partial charge in [-0.3, -0.25) is 0 Å². The van der Waals surface area contributed by atoms with Crippen molar-refractivity contribution in [1.29, 1.82) is 0 Å². The minimum atomic E-state index is -4.74. The van der Waals surface area contributed by atoms with Crippen molar-refractivity contribution in [1.82, 2.24) is 14.8 Å². The Hall–Kier alpha value is -2.06. The third kappa shape index (κ3) is 4.67. The van der Waals surface area contributed by atoms with Gasteiger partial charge in [0, 0.05) is 15.1 Å². The van der Waals surface area contributed by atoms with E-state index in [0.29, 0.717) is 0 Å². The number of nitrogens with zero attached hydrogens (tertiary/aromatic N) is 3. The summed E-state index contributed by atoms with van der Waals surface area (Å²) in [6.45, 7) is 1.60. The van der Waals surface area contributed by atoms with Gasteiger partial charge in [-0.25, -0.2) is 9.67 Å². The molecule has 0 amide bonds. The molecule has 3 heterocycles. The molecule has 0 spiro atoms. The first kappa shape index (κ1) is 25.6. The highest BCUT2D eigenvalue weighted by Gasteiger charge is 2.50. The molecule has 2 fully saturated rings. The number of nitrogens with two attached hydrogens (primary N) is 1. The van der Waals surface area contributed by atoms with E-state index in [9.17, 15) is 18.3 Å². The van der Waals surface area contributed by atoms with Gasteiger partial charge in [0.05, 0.1) is 23.9 Å². The van der Waals surface area contributed by atoms with Crippen LogP contribution in [0.25, 0.3) is 5.69 Å². The fourth-order valence-corrected chi connectivity index (χ4v) is 5.48. The molecule has 4 unspecified atom stereocenters. The van der Waals surface area contributed by atoms with Crippen molar-refractivity contribution in [3.63, 3.8) is 0 Å². The highest BCUT2D eigenvalue weighted by atomic mass is 79.9. The lowest BCUT2D eigenvalue weighted by molar-refractivity contribution is -0.309. The van der Waals surface area contributed by atoms with Crippen LogP contribution >= 0.6 is 27.5 Å². The SMILES string of the molecule is Cc1nc([C@@H]2OC3COC(c4ccccc4)O[C@@H]3C(N)C2O)n(-c2cc(Cl)cc(Br)c2C(F)(F)F)n1. The molecule has 192 valence electrons. The number of alkyl halides is 3. The molecule has 3 aromatic rings. The summed E-state index contributed by atoms with van der Waals surface area (Å²) >= 11 is 9.03. The van der Waals surface area contributed by atoms with Crippen LogP contribution in [0.5, 0.6) is 0 Å². The molecule has 2 aliphatic heterocycles. The monoisotopic (exact) mass is 588 g/mol. The molecule has 2 saturated heterocycles. The maximum atomic E-state index is 14.0. The molecule has 0 bridgehead atoms. The topological polar surface area (TPSA) is 105 Å². The van der Waals surface area contributed by atoms with Crippen LogP contribution in [0.1, 0.15) is 35.2 Å². The van der Waals surface area contributed by atoms with Gasteiger partial charge in [0.15, 0.2) is 12.1 Å². The van der Waals surface area contributed by atoms with Crippen molar-refractivity contribution in [2.75, 3.05) is 6.61 Å². The van der Waals surface area contributed by atoms with Crippen LogP contribution in [-0.4, -0.2) is 50.8 Å². The number of halogens is 5. The minimum Gasteiger partial charge on any atom is -0.388 e. The normalized spacial score (nSPS) is 28.7. The van der Waals surface area contributed by atoms with Crippen molar-refractivity contribution < 1.29 is 32.5 Å². The second-order valence-corrected chi connectivity index (χ2v) is 9.84. The first-order valence-corrected chi connectivity index (χ1v) is 12.1.